The van der Waals surface area contributed by atoms with E-state index in [9.17, 15) is 4.79 Å². The number of anilines is 1. The zero-order valence-electron chi connectivity index (χ0n) is 22.1. The van der Waals surface area contributed by atoms with E-state index in [0.29, 0.717) is 37.2 Å². The van der Waals surface area contributed by atoms with Gasteiger partial charge in [0.15, 0.2) is 0 Å². The van der Waals surface area contributed by atoms with Crippen LogP contribution in [0.2, 0.25) is 5.15 Å². The summed E-state index contributed by atoms with van der Waals surface area (Å²) in [6.07, 6.45) is 6.99. The first-order valence-corrected chi connectivity index (χ1v) is 14.8. The number of hydrogen-bond donors (Lipinski definition) is 0. The van der Waals surface area contributed by atoms with Crippen LogP contribution in [0.4, 0.5) is 5.82 Å². The fourth-order valence-electron chi connectivity index (χ4n) is 6.00. The van der Waals surface area contributed by atoms with Crippen molar-refractivity contribution < 1.29 is 9.53 Å². The summed E-state index contributed by atoms with van der Waals surface area (Å²) < 4.78 is 7.59. The van der Waals surface area contributed by atoms with Crippen LogP contribution < -0.4 is 4.90 Å². The molecular formula is C28H33ClN6O2S. The molecule has 0 aliphatic carbocycles. The number of amides is 1. The van der Waals surface area contributed by atoms with Crippen LogP contribution in [0, 0.1) is 5.92 Å². The molecule has 6 rings (SSSR count). The second kappa shape index (κ2) is 10.3. The number of ether oxygens (including phenoxy) is 1. The van der Waals surface area contributed by atoms with Crippen molar-refractivity contribution in [3.05, 3.63) is 63.8 Å². The lowest BCUT2D eigenvalue weighted by Gasteiger charge is -2.42. The molecule has 3 aliphatic heterocycles. The van der Waals surface area contributed by atoms with E-state index in [-0.39, 0.29) is 11.3 Å². The van der Waals surface area contributed by atoms with Gasteiger partial charge < -0.3 is 9.30 Å². The molecule has 2 fully saturated rings. The maximum Gasteiger partial charge on any atom is 0.260 e. The molecule has 2 saturated heterocycles. The quantitative estimate of drug-likeness (QED) is 0.316. The van der Waals surface area contributed by atoms with E-state index in [1.54, 1.807) is 23.0 Å². The van der Waals surface area contributed by atoms with Crippen molar-refractivity contribution in [3.8, 4) is 0 Å². The molecule has 0 unspecified atom stereocenters. The Morgan fingerprint density at radius 2 is 2.08 bits per heavy atom. The maximum atomic E-state index is 13.8. The van der Waals surface area contributed by atoms with Gasteiger partial charge in [-0.25, -0.2) is 4.98 Å². The van der Waals surface area contributed by atoms with Crippen molar-refractivity contribution in [3.63, 3.8) is 0 Å². The first kappa shape index (κ1) is 25.8. The van der Waals surface area contributed by atoms with Crippen LogP contribution in [-0.4, -0.2) is 63.1 Å². The van der Waals surface area contributed by atoms with Crippen molar-refractivity contribution in [1.29, 1.82) is 0 Å². The number of halogens is 1. The number of carbonyl (C=O) groups is 1. The topological polar surface area (TPSA) is 76.4 Å². The highest BCUT2D eigenvalue weighted by atomic mass is 35.5. The number of likely N-dealkylation sites (tertiary alicyclic amines) is 1. The number of aromatic nitrogens is 4. The largest absolute Gasteiger partial charge is 0.379 e. The summed E-state index contributed by atoms with van der Waals surface area (Å²) in [5.41, 5.74) is 3.78. The third kappa shape index (κ3) is 4.74. The predicted molar refractivity (Wildman–Crippen MR) is 149 cm³/mol. The molecule has 0 radical (unpaired) electrons. The molecule has 0 N–H and O–H groups in total. The monoisotopic (exact) mass is 552 g/mol. The van der Waals surface area contributed by atoms with Crippen LogP contribution in [0.1, 0.15) is 52.6 Å². The number of thioether (sulfide) groups is 1. The molecule has 3 aliphatic rings. The van der Waals surface area contributed by atoms with Crippen LogP contribution in [-0.2, 0) is 36.7 Å². The predicted octanol–water partition coefficient (Wildman–Crippen LogP) is 4.49. The number of fused-ring (bicyclic) bond motifs is 1. The van der Waals surface area contributed by atoms with Crippen molar-refractivity contribution in [2.24, 2.45) is 13.0 Å². The van der Waals surface area contributed by atoms with E-state index in [1.807, 2.05) is 23.7 Å². The molecule has 0 bridgehead atoms. The third-order valence-electron chi connectivity index (χ3n) is 8.16. The number of piperidine rings is 1. The first-order chi connectivity index (χ1) is 18.3. The average Bonchev–Trinajstić information content (AvgIpc) is 3.43. The van der Waals surface area contributed by atoms with Crippen LogP contribution in [0.25, 0.3) is 0 Å². The molecule has 38 heavy (non-hydrogen) atoms. The van der Waals surface area contributed by atoms with Gasteiger partial charge in [-0.05, 0) is 72.5 Å². The van der Waals surface area contributed by atoms with Gasteiger partial charge in [0, 0.05) is 42.4 Å². The fraction of sp³-hybridized carbons (Fsp3) is 0.500. The van der Waals surface area contributed by atoms with E-state index in [1.165, 1.54) is 18.4 Å². The molecule has 10 heteroatoms. The molecule has 0 spiro atoms. The van der Waals surface area contributed by atoms with Crippen molar-refractivity contribution in [1.82, 2.24) is 24.6 Å². The molecule has 1 amide bonds. The Morgan fingerprint density at radius 1 is 1.24 bits per heavy atom. The summed E-state index contributed by atoms with van der Waals surface area (Å²) in [7, 11) is 1.94. The molecule has 1 atom stereocenters. The summed E-state index contributed by atoms with van der Waals surface area (Å²) in [5.74, 6) is 2.16. The Kier molecular flexibility index (Phi) is 6.97. The second-order valence-corrected chi connectivity index (χ2v) is 12.3. The smallest absolute Gasteiger partial charge is 0.260 e. The zero-order chi connectivity index (χ0) is 26.4. The van der Waals surface area contributed by atoms with Gasteiger partial charge in [-0.2, -0.15) is 0 Å². The third-order valence-corrected chi connectivity index (χ3v) is 9.15. The van der Waals surface area contributed by atoms with Gasteiger partial charge in [0.25, 0.3) is 5.91 Å². The first-order valence-electron chi connectivity index (χ1n) is 13.2. The number of aryl methyl sites for hydroxylation is 1. The van der Waals surface area contributed by atoms with E-state index in [2.05, 4.69) is 45.4 Å². The lowest BCUT2D eigenvalue weighted by Crippen LogP contribution is -2.49. The van der Waals surface area contributed by atoms with E-state index in [4.69, 9.17) is 16.3 Å². The molecule has 200 valence electrons. The minimum absolute atomic E-state index is 0.0166. The van der Waals surface area contributed by atoms with Crippen LogP contribution in [0.15, 0.2) is 35.5 Å². The maximum absolute atomic E-state index is 13.8. The van der Waals surface area contributed by atoms with Crippen molar-refractivity contribution >= 4 is 35.1 Å². The Bertz CT molecular complexity index is 1370. The van der Waals surface area contributed by atoms with Crippen molar-refractivity contribution in [2.75, 3.05) is 37.5 Å². The lowest BCUT2D eigenvalue weighted by atomic mass is 9.76. The summed E-state index contributed by atoms with van der Waals surface area (Å²) in [4.78, 5) is 23.8. The molecule has 5 heterocycles. The molecule has 1 aromatic carbocycles. The normalized spacial score (nSPS) is 21.0. The molecule has 8 nitrogen and oxygen atoms in total. The lowest BCUT2D eigenvalue weighted by molar-refractivity contribution is -0.0611. The van der Waals surface area contributed by atoms with Crippen molar-refractivity contribution in [2.45, 2.75) is 49.6 Å². The van der Waals surface area contributed by atoms with Crippen LogP contribution in [0.5, 0.6) is 0 Å². The average molecular weight is 553 g/mol. The standard InChI is InChI=1S/C28H33ClN6O2S/c1-18-5-4-6-34(12-18)13-19-7-21-22(23(8-19)38-3)14-35(27(21)36)25-10-20(9-24(29)31-25)28(15-37-16-28)11-26-32-30-17-33(26)2/h7-10,17-18H,4-6,11-16H2,1-3H3/t18-/m0/s1. The second-order valence-electron chi connectivity index (χ2n) is 11.0. The Morgan fingerprint density at radius 3 is 2.76 bits per heavy atom. The van der Waals surface area contributed by atoms with Gasteiger partial charge in [-0.1, -0.05) is 18.5 Å². The Balaban J connectivity index is 1.29. The van der Waals surface area contributed by atoms with Crippen LogP contribution >= 0.6 is 23.4 Å². The minimum atomic E-state index is -0.277. The summed E-state index contributed by atoms with van der Waals surface area (Å²) in [6, 6.07) is 8.25. The van der Waals surface area contributed by atoms with Crippen LogP contribution in [0.3, 0.4) is 0 Å². The van der Waals surface area contributed by atoms with Gasteiger partial charge in [0.2, 0.25) is 0 Å². The minimum Gasteiger partial charge on any atom is -0.379 e. The Hall–Kier alpha value is -2.46. The zero-order valence-corrected chi connectivity index (χ0v) is 23.7. The van der Waals surface area contributed by atoms with E-state index >= 15 is 0 Å². The van der Waals surface area contributed by atoms with Gasteiger partial charge >= 0.3 is 0 Å². The number of rotatable bonds is 7. The van der Waals surface area contributed by atoms with Gasteiger partial charge in [0.1, 0.15) is 23.1 Å². The Labute approximate surface area is 232 Å². The van der Waals surface area contributed by atoms with E-state index < -0.39 is 0 Å². The van der Waals surface area contributed by atoms with Gasteiger partial charge in [-0.3, -0.25) is 14.6 Å². The molecule has 0 saturated carbocycles. The number of benzene rings is 1. The van der Waals surface area contributed by atoms with E-state index in [0.717, 1.165) is 53.0 Å². The molecular weight excluding hydrogens is 520 g/mol. The fourth-order valence-corrected chi connectivity index (χ4v) is 6.89. The summed E-state index contributed by atoms with van der Waals surface area (Å²) in [5, 5.41) is 8.68. The summed E-state index contributed by atoms with van der Waals surface area (Å²) >= 11 is 8.26. The molecule has 3 aromatic rings. The number of pyridine rings is 1. The number of hydrogen-bond acceptors (Lipinski definition) is 7. The highest BCUT2D eigenvalue weighted by Crippen LogP contribution is 2.40. The summed E-state index contributed by atoms with van der Waals surface area (Å²) in [6.45, 7) is 7.04. The van der Waals surface area contributed by atoms with Gasteiger partial charge in [0.05, 0.1) is 19.8 Å². The van der Waals surface area contributed by atoms with Gasteiger partial charge in [-0.15, -0.1) is 22.0 Å². The number of nitrogens with zero attached hydrogens (tertiary/aromatic N) is 6. The SMILES string of the molecule is CSc1cc(CN2CCC[C@H](C)C2)cc2c1CN(c1cc(C3(Cc4nncn4C)COC3)cc(Cl)n1)C2=O. The molecule has 2 aromatic heterocycles. The highest BCUT2D eigenvalue weighted by molar-refractivity contribution is 7.98. The highest BCUT2D eigenvalue weighted by Gasteiger charge is 2.43. The number of carbonyl (C=O) groups excluding carboxylic acids is 1.